The van der Waals surface area contributed by atoms with Crippen LogP contribution >= 0.6 is 0 Å². The van der Waals surface area contributed by atoms with E-state index in [-0.39, 0.29) is 4.90 Å². The Balaban J connectivity index is 2.05. The Kier molecular flexibility index (Phi) is 4.54. The third-order valence-corrected chi connectivity index (χ3v) is 4.24. The van der Waals surface area contributed by atoms with E-state index in [9.17, 15) is 13.2 Å². The Morgan fingerprint density at radius 1 is 1.33 bits per heavy atom. The summed E-state index contributed by atoms with van der Waals surface area (Å²) in [5.41, 5.74) is 0.838. The molecular weight excluding hydrogens is 290 g/mol. The van der Waals surface area contributed by atoms with Crippen LogP contribution in [0.25, 0.3) is 0 Å². The molecule has 0 radical (unpaired) electrons. The van der Waals surface area contributed by atoms with Gasteiger partial charge >= 0.3 is 0 Å². The minimum absolute atomic E-state index is 0.159. The van der Waals surface area contributed by atoms with Gasteiger partial charge in [-0.15, -0.1) is 0 Å². The van der Waals surface area contributed by atoms with E-state index in [4.69, 9.17) is 0 Å². The molecule has 0 aliphatic rings. The van der Waals surface area contributed by atoms with Gasteiger partial charge in [-0.1, -0.05) is 18.2 Å². The second kappa shape index (κ2) is 6.36. The van der Waals surface area contributed by atoms with Gasteiger partial charge in [-0.3, -0.25) is 9.89 Å². The normalized spacial score (nSPS) is 11.7. The first-order valence-corrected chi connectivity index (χ1v) is 7.74. The molecule has 0 bridgehead atoms. The fourth-order valence-corrected chi connectivity index (χ4v) is 2.67. The van der Waals surface area contributed by atoms with E-state index in [1.54, 1.807) is 37.6 Å². The summed E-state index contributed by atoms with van der Waals surface area (Å²) in [4.78, 5) is 13.5. The lowest BCUT2D eigenvalue weighted by Crippen LogP contribution is -2.24. The van der Waals surface area contributed by atoms with Gasteiger partial charge in [0.2, 0.25) is 5.91 Å². The molecule has 0 aliphatic carbocycles. The molecule has 110 valence electrons. The van der Waals surface area contributed by atoms with Gasteiger partial charge in [-0.05, 0) is 12.1 Å². The predicted molar refractivity (Wildman–Crippen MR) is 77.8 cm³/mol. The van der Waals surface area contributed by atoms with Crippen LogP contribution < -0.4 is 0 Å². The first-order valence-electron chi connectivity index (χ1n) is 6.20. The number of sulfone groups is 1. The van der Waals surface area contributed by atoms with E-state index in [1.807, 2.05) is 0 Å². The number of likely N-dealkylation sites (N-methyl/N-ethyl adjacent to an activating group) is 1. The van der Waals surface area contributed by atoms with Gasteiger partial charge in [0.1, 0.15) is 0 Å². The maximum Gasteiger partial charge on any atom is 0.247 e. The molecule has 2 rings (SSSR count). The van der Waals surface area contributed by atoms with E-state index >= 15 is 0 Å². The van der Waals surface area contributed by atoms with Crippen LogP contribution in [0.5, 0.6) is 0 Å². The van der Waals surface area contributed by atoms with Gasteiger partial charge in [-0.2, -0.15) is 5.10 Å². The highest BCUT2D eigenvalue weighted by Crippen LogP contribution is 2.11. The van der Waals surface area contributed by atoms with Gasteiger partial charge < -0.3 is 4.90 Å². The molecular formula is C14H15N3O3S. The third kappa shape index (κ3) is 4.03. The van der Waals surface area contributed by atoms with Crippen molar-refractivity contribution in [3.8, 4) is 0 Å². The molecule has 0 fully saturated rings. The second-order valence-corrected chi connectivity index (χ2v) is 6.30. The second-order valence-electron chi connectivity index (χ2n) is 4.46. The fourth-order valence-electron chi connectivity index (χ4n) is 1.68. The van der Waals surface area contributed by atoms with Crippen LogP contribution in [-0.4, -0.2) is 36.5 Å². The molecule has 1 aromatic heterocycles. The number of carbonyl (C=O) groups excluding carboxylic acids is 1. The van der Waals surface area contributed by atoms with Crippen molar-refractivity contribution >= 4 is 15.7 Å². The van der Waals surface area contributed by atoms with Crippen LogP contribution in [0.3, 0.4) is 0 Å². The zero-order valence-corrected chi connectivity index (χ0v) is 12.2. The number of benzene rings is 1. The highest BCUT2D eigenvalue weighted by Gasteiger charge is 2.12. The minimum Gasteiger partial charge on any atom is -0.338 e. The Morgan fingerprint density at radius 2 is 2.05 bits per heavy atom. The largest absolute Gasteiger partial charge is 0.338 e. The molecule has 1 aromatic carbocycles. The molecule has 0 spiro atoms. The summed E-state index contributed by atoms with van der Waals surface area (Å²) >= 11 is 0. The summed E-state index contributed by atoms with van der Waals surface area (Å²) in [5, 5.41) is 7.36. The number of nitrogens with one attached hydrogen (secondary N) is 1. The summed E-state index contributed by atoms with van der Waals surface area (Å²) in [6, 6.07) is 7.96. The van der Waals surface area contributed by atoms with Crippen molar-refractivity contribution in [1.29, 1.82) is 0 Å². The van der Waals surface area contributed by atoms with E-state index in [1.165, 1.54) is 17.0 Å². The van der Waals surface area contributed by atoms with Crippen molar-refractivity contribution in [2.24, 2.45) is 0 Å². The smallest absolute Gasteiger partial charge is 0.247 e. The van der Waals surface area contributed by atoms with Crippen LogP contribution in [0.1, 0.15) is 5.56 Å². The molecule has 0 aliphatic heterocycles. The number of amides is 1. The van der Waals surface area contributed by atoms with E-state index in [0.29, 0.717) is 6.54 Å². The number of H-pyrrole nitrogens is 1. The number of nitrogens with zero attached hydrogens (tertiary/aromatic N) is 2. The number of hydrogen-bond donors (Lipinski definition) is 1. The van der Waals surface area contributed by atoms with Crippen LogP contribution in [0.2, 0.25) is 0 Å². The molecule has 1 heterocycles. The van der Waals surface area contributed by atoms with Crippen LogP contribution in [0.15, 0.2) is 59.1 Å². The molecule has 21 heavy (non-hydrogen) atoms. The maximum atomic E-state index is 12.0. The Hall–Kier alpha value is -2.41. The molecule has 2 aromatic rings. The van der Waals surface area contributed by atoms with Gasteiger partial charge in [0.15, 0.2) is 9.84 Å². The SMILES string of the molecule is CN(Cc1cn[nH]c1)C(=O)C=CS(=O)(=O)c1ccccc1. The first kappa shape index (κ1) is 15.0. The monoisotopic (exact) mass is 305 g/mol. The van der Waals surface area contributed by atoms with Crippen molar-refractivity contribution < 1.29 is 13.2 Å². The molecule has 1 amide bonds. The number of carbonyl (C=O) groups is 1. The number of aromatic nitrogens is 2. The van der Waals surface area contributed by atoms with E-state index in [2.05, 4.69) is 10.2 Å². The lowest BCUT2D eigenvalue weighted by atomic mass is 10.3. The molecule has 7 heteroatoms. The van der Waals surface area contributed by atoms with Gasteiger partial charge in [0, 0.05) is 36.8 Å². The molecule has 0 atom stereocenters. The summed E-state index contributed by atoms with van der Waals surface area (Å²) in [6.45, 7) is 0.352. The van der Waals surface area contributed by atoms with Crippen molar-refractivity contribution in [2.45, 2.75) is 11.4 Å². The standard InChI is InChI=1S/C14H15N3O3S/c1-17(11-12-9-15-16-10-12)14(18)7-8-21(19,20)13-5-3-2-4-6-13/h2-10H,11H2,1H3,(H,15,16). The van der Waals surface area contributed by atoms with Gasteiger partial charge in [0.25, 0.3) is 0 Å². The van der Waals surface area contributed by atoms with Crippen LogP contribution in [0.4, 0.5) is 0 Å². The minimum atomic E-state index is -3.60. The van der Waals surface area contributed by atoms with E-state index < -0.39 is 15.7 Å². The average molecular weight is 305 g/mol. The maximum absolute atomic E-state index is 12.0. The van der Waals surface area contributed by atoms with Crippen LogP contribution in [-0.2, 0) is 21.2 Å². The molecule has 0 saturated carbocycles. The number of hydrogen-bond acceptors (Lipinski definition) is 4. The Bertz CT molecular complexity index is 722. The molecule has 0 saturated heterocycles. The molecule has 1 N–H and O–H groups in total. The topological polar surface area (TPSA) is 83.1 Å². The highest BCUT2D eigenvalue weighted by molar-refractivity contribution is 7.94. The predicted octanol–water partition coefficient (Wildman–Crippen LogP) is 1.36. The summed E-state index contributed by atoms with van der Waals surface area (Å²) in [7, 11) is -2.01. The molecule has 6 nitrogen and oxygen atoms in total. The number of rotatable bonds is 5. The van der Waals surface area contributed by atoms with Crippen molar-refractivity contribution in [2.75, 3.05) is 7.05 Å². The average Bonchev–Trinajstić information content (AvgIpc) is 2.98. The van der Waals surface area contributed by atoms with Crippen molar-refractivity contribution in [3.05, 3.63) is 59.8 Å². The van der Waals surface area contributed by atoms with Crippen molar-refractivity contribution in [1.82, 2.24) is 15.1 Å². The summed E-state index contributed by atoms with van der Waals surface area (Å²) in [6.07, 6.45) is 4.34. The van der Waals surface area contributed by atoms with Gasteiger partial charge in [0.05, 0.1) is 11.1 Å². The quantitative estimate of drug-likeness (QED) is 0.845. The zero-order chi connectivity index (χ0) is 15.3. The van der Waals surface area contributed by atoms with E-state index in [0.717, 1.165) is 17.0 Å². The van der Waals surface area contributed by atoms with Crippen LogP contribution in [0, 0.1) is 0 Å². The lowest BCUT2D eigenvalue weighted by Gasteiger charge is -2.13. The first-order chi connectivity index (χ1) is 9.99. The summed E-state index contributed by atoms with van der Waals surface area (Å²) in [5.74, 6) is -0.393. The fraction of sp³-hybridized carbons (Fsp3) is 0.143. The molecule has 0 unspecified atom stereocenters. The van der Waals surface area contributed by atoms with Crippen molar-refractivity contribution in [3.63, 3.8) is 0 Å². The third-order valence-electron chi connectivity index (χ3n) is 2.81. The zero-order valence-electron chi connectivity index (χ0n) is 11.4. The number of aromatic amines is 1. The summed E-state index contributed by atoms with van der Waals surface area (Å²) < 4.78 is 24.0. The highest BCUT2D eigenvalue weighted by atomic mass is 32.2. The Labute approximate surface area is 123 Å². The van der Waals surface area contributed by atoms with Gasteiger partial charge in [-0.25, -0.2) is 8.42 Å². The lowest BCUT2D eigenvalue weighted by molar-refractivity contribution is -0.125. The Morgan fingerprint density at radius 3 is 2.67 bits per heavy atom.